The van der Waals surface area contributed by atoms with Crippen LogP contribution in [0.15, 0.2) is 0 Å². The van der Waals surface area contributed by atoms with Crippen molar-refractivity contribution in [2.24, 2.45) is 0 Å². The van der Waals surface area contributed by atoms with Gasteiger partial charge in [-0.05, 0) is 59.2 Å². The Bertz CT molecular complexity index is 253. The third kappa shape index (κ3) is 8.54. The fourth-order valence-corrected chi connectivity index (χ4v) is 2.75. The molecule has 0 saturated carbocycles. The number of hydrogen-bond donors (Lipinski definition) is 1. The van der Waals surface area contributed by atoms with Crippen molar-refractivity contribution in [2.75, 3.05) is 32.8 Å². The van der Waals surface area contributed by atoms with Gasteiger partial charge in [0.1, 0.15) is 0 Å². The molecule has 1 aliphatic heterocycles. The molecule has 1 saturated heterocycles. The Morgan fingerprint density at radius 1 is 1.20 bits per heavy atom. The fraction of sp³-hybridized carbons (Fsp3) is 0.938. The topological polar surface area (TPSA) is 41.6 Å². The van der Waals surface area contributed by atoms with E-state index in [2.05, 4.69) is 17.1 Å². The molecule has 4 nitrogen and oxygen atoms in total. The van der Waals surface area contributed by atoms with E-state index in [1.54, 1.807) is 0 Å². The van der Waals surface area contributed by atoms with Crippen molar-refractivity contribution < 1.29 is 9.53 Å². The van der Waals surface area contributed by atoms with Gasteiger partial charge in [-0.1, -0.05) is 12.8 Å². The van der Waals surface area contributed by atoms with Crippen molar-refractivity contribution in [1.82, 2.24) is 10.2 Å². The van der Waals surface area contributed by atoms with Crippen LogP contribution >= 0.6 is 0 Å². The first-order valence-electron chi connectivity index (χ1n) is 8.33. The lowest BCUT2D eigenvalue weighted by Crippen LogP contribution is -2.41. The van der Waals surface area contributed by atoms with Gasteiger partial charge in [0.2, 0.25) is 0 Å². The summed E-state index contributed by atoms with van der Waals surface area (Å²) in [5.74, 6) is -0.0566. The predicted octanol–water partition coefficient (Wildman–Crippen LogP) is 2.57. The molecule has 1 rings (SSSR count). The van der Waals surface area contributed by atoms with Crippen LogP contribution in [-0.4, -0.2) is 49.7 Å². The molecular formula is C16H32N2O2. The van der Waals surface area contributed by atoms with Crippen LogP contribution in [0, 0.1) is 0 Å². The highest BCUT2D eigenvalue weighted by Crippen LogP contribution is 2.08. The van der Waals surface area contributed by atoms with Gasteiger partial charge in [-0.3, -0.25) is 4.79 Å². The summed E-state index contributed by atoms with van der Waals surface area (Å²) < 4.78 is 4.91. The van der Waals surface area contributed by atoms with E-state index in [1.165, 1.54) is 38.9 Å². The molecule has 0 spiro atoms. The molecule has 0 aromatic rings. The third-order valence-corrected chi connectivity index (χ3v) is 3.84. The predicted molar refractivity (Wildman–Crippen MR) is 82.9 cm³/mol. The van der Waals surface area contributed by atoms with E-state index in [0.717, 1.165) is 25.8 Å². The first-order chi connectivity index (χ1) is 9.72. The molecular weight excluding hydrogens is 252 g/mol. The minimum absolute atomic E-state index is 0.0566. The van der Waals surface area contributed by atoms with Gasteiger partial charge < -0.3 is 15.0 Å². The van der Waals surface area contributed by atoms with Crippen molar-refractivity contribution in [3.8, 4) is 0 Å². The fourth-order valence-electron chi connectivity index (χ4n) is 2.75. The number of nitrogens with zero attached hydrogens (tertiary/aromatic N) is 1. The van der Waals surface area contributed by atoms with Crippen molar-refractivity contribution in [3.05, 3.63) is 0 Å². The second kappa shape index (κ2) is 11.1. The summed E-state index contributed by atoms with van der Waals surface area (Å²) in [6, 6.07) is 0.568. The van der Waals surface area contributed by atoms with Crippen LogP contribution in [0.5, 0.6) is 0 Å². The smallest absolute Gasteiger partial charge is 0.305 e. The van der Waals surface area contributed by atoms with Gasteiger partial charge in [0.15, 0.2) is 0 Å². The summed E-state index contributed by atoms with van der Waals surface area (Å²) in [5, 5.41) is 3.59. The SMILES string of the molecule is CCOC(=O)CCCCCNC(C)CN1CCCCC1. The number of piperidine rings is 1. The summed E-state index contributed by atoms with van der Waals surface area (Å²) in [4.78, 5) is 13.7. The molecule has 0 radical (unpaired) electrons. The van der Waals surface area contributed by atoms with Crippen LogP contribution in [-0.2, 0) is 9.53 Å². The van der Waals surface area contributed by atoms with Crippen LogP contribution in [0.25, 0.3) is 0 Å². The Balaban J connectivity index is 1.91. The van der Waals surface area contributed by atoms with Crippen molar-refractivity contribution in [2.45, 2.75) is 64.8 Å². The van der Waals surface area contributed by atoms with Gasteiger partial charge in [-0.2, -0.15) is 0 Å². The molecule has 0 bridgehead atoms. The second-order valence-electron chi connectivity index (χ2n) is 5.83. The van der Waals surface area contributed by atoms with E-state index in [1.807, 2.05) is 6.92 Å². The Morgan fingerprint density at radius 2 is 1.95 bits per heavy atom. The molecule has 0 aromatic heterocycles. The number of rotatable bonds is 10. The molecule has 1 aliphatic rings. The third-order valence-electron chi connectivity index (χ3n) is 3.84. The highest BCUT2D eigenvalue weighted by atomic mass is 16.5. The van der Waals surface area contributed by atoms with E-state index >= 15 is 0 Å². The summed E-state index contributed by atoms with van der Waals surface area (Å²) >= 11 is 0. The highest BCUT2D eigenvalue weighted by molar-refractivity contribution is 5.69. The molecule has 0 aromatic carbocycles. The Kier molecular flexibility index (Phi) is 9.67. The molecule has 118 valence electrons. The van der Waals surface area contributed by atoms with Gasteiger partial charge in [-0.15, -0.1) is 0 Å². The number of likely N-dealkylation sites (tertiary alicyclic amines) is 1. The maximum atomic E-state index is 11.2. The molecule has 4 heteroatoms. The number of hydrogen-bond acceptors (Lipinski definition) is 4. The minimum Gasteiger partial charge on any atom is -0.466 e. The monoisotopic (exact) mass is 284 g/mol. The normalized spacial score (nSPS) is 17.9. The quantitative estimate of drug-likeness (QED) is 0.494. The van der Waals surface area contributed by atoms with Crippen LogP contribution in [0.2, 0.25) is 0 Å². The van der Waals surface area contributed by atoms with E-state index in [9.17, 15) is 4.79 Å². The summed E-state index contributed by atoms with van der Waals surface area (Å²) in [7, 11) is 0. The standard InChI is InChI=1S/C16H32N2O2/c1-3-20-16(19)10-6-4-7-11-17-15(2)14-18-12-8-5-9-13-18/h15,17H,3-14H2,1-2H3. The maximum Gasteiger partial charge on any atom is 0.305 e. The number of nitrogens with one attached hydrogen (secondary N) is 1. The van der Waals surface area contributed by atoms with Crippen LogP contribution in [0.1, 0.15) is 58.8 Å². The van der Waals surface area contributed by atoms with Crippen molar-refractivity contribution in [1.29, 1.82) is 0 Å². The lowest BCUT2D eigenvalue weighted by Gasteiger charge is -2.29. The molecule has 1 atom stereocenters. The van der Waals surface area contributed by atoms with Crippen molar-refractivity contribution >= 4 is 5.97 Å². The highest BCUT2D eigenvalue weighted by Gasteiger charge is 2.12. The summed E-state index contributed by atoms with van der Waals surface area (Å²) in [6.07, 6.45) is 7.88. The molecule has 1 heterocycles. The summed E-state index contributed by atoms with van der Waals surface area (Å²) in [6.45, 7) is 9.38. The van der Waals surface area contributed by atoms with Crippen molar-refractivity contribution in [3.63, 3.8) is 0 Å². The minimum atomic E-state index is -0.0566. The lowest BCUT2D eigenvalue weighted by atomic mass is 10.1. The summed E-state index contributed by atoms with van der Waals surface area (Å²) in [5.41, 5.74) is 0. The van der Waals surface area contributed by atoms with Crippen LogP contribution in [0.4, 0.5) is 0 Å². The molecule has 1 unspecified atom stereocenters. The molecule has 1 fully saturated rings. The molecule has 20 heavy (non-hydrogen) atoms. The first-order valence-corrected chi connectivity index (χ1v) is 8.33. The number of esters is 1. The molecule has 0 aliphatic carbocycles. The maximum absolute atomic E-state index is 11.2. The van der Waals surface area contributed by atoms with Crippen LogP contribution in [0.3, 0.4) is 0 Å². The Hall–Kier alpha value is -0.610. The lowest BCUT2D eigenvalue weighted by molar-refractivity contribution is -0.143. The first kappa shape index (κ1) is 17.4. The van der Waals surface area contributed by atoms with Crippen LogP contribution < -0.4 is 5.32 Å². The number of unbranched alkanes of at least 4 members (excludes halogenated alkanes) is 2. The van der Waals surface area contributed by atoms with Gasteiger partial charge in [0.05, 0.1) is 6.61 Å². The zero-order valence-electron chi connectivity index (χ0n) is 13.3. The molecule has 1 N–H and O–H groups in total. The number of carbonyl (C=O) groups is 1. The average Bonchev–Trinajstić information content (AvgIpc) is 2.44. The van der Waals surface area contributed by atoms with Gasteiger partial charge in [0.25, 0.3) is 0 Å². The van der Waals surface area contributed by atoms with Gasteiger partial charge in [0, 0.05) is 19.0 Å². The Labute approximate surface area is 124 Å². The van der Waals surface area contributed by atoms with Gasteiger partial charge in [-0.25, -0.2) is 0 Å². The zero-order chi connectivity index (χ0) is 14.6. The van der Waals surface area contributed by atoms with Gasteiger partial charge >= 0.3 is 5.97 Å². The van der Waals surface area contributed by atoms with E-state index in [0.29, 0.717) is 19.1 Å². The van der Waals surface area contributed by atoms with E-state index in [-0.39, 0.29) is 5.97 Å². The van der Waals surface area contributed by atoms with E-state index in [4.69, 9.17) is 4.74 Å². The average molecular weight is 284 g/mol. The number of ether oxygens (including phenoxy) is 1. The Morgan fingerprint density at radius 3 is 2.65 bits per heavy atom. The molecule has 0 amide bonds. The zero-order valence-corrected chi connectivity index (χ0v) is 13.3. The largest absolute Gasteiger partial charge is 0.466 e. The second-order valence-corrected chi connectivity index (χ2v) is 5.83. The van der Waals surface area contributed by atoms with E-state index < -0.39 is 0 Å². The number of carbonyl (C=O) groups excluding carboxylic acids is 1.